The molecule has 3 aromatic rings. The van der Waals surface area contributed by atoms with E-state index in [-0.39, 0.29) is 12.1 Å². The average Bonchev–Trinajstić information content (AvgIpc) is 3.62. The minimum atomic E-state index is -0.515. The number of aromatic nitrogens is 1. The van der Waals surface area contributed by atoms with E-state index in [0.29, 0.717) is 23.7 Å². The molecular weight excluding hydrogens is 444 g/mol. The molecule has 1 aliphatic carbocycles. The number of carbonyl (C=O) groups is 2. The number of nitrogens with one attached hydrogen (secondary N) is 1. The predicted octanol–water partition coefficient (Wildman–Crippen LogP) is 6.65. The summed E-state index contributed by atoms with van der Waals surface area (Å²) in [6, 6.07) is 15.9. The molecule has 0 atom stereocenters. The summed E-state index contributed by atoms with van der Waals surface area (Å²) < 4.78 is 16.3. The van der Waals surface area contributed by atoms with Crippen molar-refractivity contribution in [3.05, 3.63) is 59.8 Å². The molecule has 2 aromatic carbocycles. The van der Waals surface area contributed by atoms with Gasteiger partial charge in [-0.25, -0.2) is 4.79 Å². The van der Waals surface area contributed by atoms with Gasteiger partial charge in [-0.3, -0.25) is 10.1 Å². The van der Waals surface area contributed by atoms with Gasteiger partial charge in [0.1, 0.15) is 17.5 Å². The van der Waals surface area contributed by atoms with Crippen LogP contribution in [0.25, 0.3) is 22.5 Å². The first-order chi connectivity index (χ1) is 16.9. The molecule has 0 spiro atoms. The summed E-state index contributed by atoms with van der Waals surface area (Å²) in [6.45, 7) is 7.97. The highest BCUT2D eigenvalue weighted by Crippen LogP contribution is 2.49. The number of esters is 1. The van der Waals surface area contributed by atoms with Crippen molar-refractivity contribution in [1.29, 1.82) is 0 Å². The molecule has 7 nitrogen and oxygen atoms in total. The van der Waals surface area contributed by atoms with Crippen molar-refractivity contribution in [2.45, 2.75) is 64.9 Å². The summed E-state index contributed by atoms with van der Waals surface area (Å²) in [5, 5.41) is 6.82. The summed E-state index contributed by atoms with van der Waals surface area (Å²) in [5.74, 6) is 0.351. The third-order valence-electron chi connectivity index (χ3n) is 6.61. The molecule has 0 saturated heterocycles. The molecule has 1 heterocycles. The van der Waals surface area contributed by atoms with Gasteiger partial charge in [0.05, 0.1) is 12.0 Å². The first kappa shape index (κ1) is 24.5. The lowest BCUT2D eigenvalue weighted by Gasteiger charge is -2.15. The number of carbonyl (C=O) groups excluding carboxylic acids is 2. The average molecular weight is 477 g/mol. The minimum absolute atomic E-state index is 0.128. The third kappa shape index (κ3) is 5.09. The van der Waals surface area contributed by atoms with E-state index in [9.17, 15) is 9.59 Å². The van der Waals surface area contributed by atoms with Gasteiger partial charge in [0, 0.05) is 5.56 Å². The van der Waals surface area contributed by atoms with Gasteiger partial charge in [0.2, 0.25) is 0 Å². The first-order valence-electron chi connectivity index (χ1n) is 12.2. The number of nitrogens with zero attached hydrogens (tertiary/aromatic N) is 1. The van der Waals surface area contributed by atoms with Crippen LogP contribution in [-0.2, 0) is 19.7 Å². The standard InChI is InChI=1S/C28H32N2O5/c1-5-23(6-2)34-27(32)29-24-18(4)30-35-25(24)21-10-8-19(9-11-21)20-12-14-22(15-13-20)28(16-17-28)26(31)33-7-3/h8-15,23H,5-7,16-17H2,1-4H3,(H,29,32). The Bertz CT molecular complexity index is 1170. The van der Waals surface area contributed by atoms with Gasteiger partial charge in [-0.15, -0.1) is 0 Å². The number of rotatable bonds is 9. The maximum Gasteiger partial charge on any atom is 0.412 e. The van der Waals surface area contributed by atoms with Crippen LogP contribution in [0.15, 0.2) is 53.1 Å². The summed E-state index contributed by atoms with van der Waals surface area (Å²) in [4.78, 5) is 24.7. The second-order valence-electron chi connectivity index (χ2n) is 8.90. The summed E-state index contributed by atoms with van der Waals surface area (Å²) >= 11 is 0. The molecule has 184 valence electrons. The van der Waals surface area contributed by atoms with E-state index in [1.165, 1.54) is 0 Å². The molecule has 1 aromatic heterocycles. The lowest BCUT2D eigenvalue weighted by Crippen LogP contribution is -2.23. The molecule has 0 bridgehead atoms. The Labute approximate surface area is 205 Å². The normalized spacial score (nSPS) is 14.0. The van der Waals surface area contributed by atoms with Gasteiger partial charge in [-0.1, -0.05) is 67.5 Å². The van der Waals surface area contributed by atoms with Gasteiger partial charge in [0.25, 0.3) is 0 Å². The summed E-state index contributed by atoms with van der Waals surface area (Å²) in [5.41, 5.74) is 4.48. The van der Waals surface area contributed by atoms with Gasteiger partial charge in [-0.05, 0) is 56.2 Å². The molecule has 0 unspecified atom stereocenters. The van der Waals surface area contributed by atoms with Crippen LogP contribution in [0.5, 0.6) is 0 Å². The fourth-order valence-corrected chi connectivity index (χ4v) is 4.25. The van der Waals surface area contributed by atoms with Crippen LogP contribution in [0.3, 0.4) is 0 Å². The molecule has 0 aliphatic heterocycles. The highest BCUT2D eigenvalue weighted by molar-refractivity contribution is 5.91. The summed E-state index contributed by atoms with van der Waals surface area (Å²) in [6.07, 6.45) is 2.53. The second-order valence-corrected chi connectivity index (χ2v) is 8.90. The Morgan fingerprint density at radius 3 is 2.09 bits per heavy atom. The number of benzene rings is 2. The fourth-order valence-electron chi connectivity index (χ4n) is 4.25. The second kappa shape index (κ2) is 10.3. The number of hydrogen-bond donors (Lipinski definition) is 1. The minimum Gasteiger partial charge on any atom is -0.465 e. The van der Waals surface area contributed by atoms with Crippen molar-refractivity contribution in [1.82, 2.24) is 5.16 Å². The Balaban J connectivity index is 1.49. The molecule has 4 rings (SSSR count). The van der Waals surface area contributed by atoms with E-state index in [1.807, 2.05) is 69.3 Å². The first-order valence-corrected chi connectivity index (χ1v) is 12.2. The smallest absolute Gasteiger partial charge is 0.412 e. The van der Waals surface area contributed by atoms with E-state index in [0.717, 1.165) is 47.9 Å². The van der Waals surface area contributed by atoms with Gasteiger partial charge in [-0.2, -0.15) is 0 Å². The van der Waals surface area contributed by atoms with Crippen LogP contribution in [0.4, 0.5) is 10.5 Å². The third-order valence-corrected chi connectivity index (χ3v) is 6.61. The van der Waals surface area contributed by atoms with Gasteiger partial charge in [0.15, 0.2) is 5.76 Å². The van der Waals surface area contributed by atoms with Crippen LogP contribution >= 0.6 is 0 Å². The van der Waals surface area contributed by atoms with E-state index in [1.54, 1.807) is 6.92 Å². The van der Waals surface area contributed by atoms with Crippen molar-refractivity contribution in [2.24, 2.45) is 0 Å². The van der Waals surface area contributed by atoms with Crippen molar-refractivity contribution in [3.8, 4) is 22.5 Å². The van der Waals surface area contributed by atoms with Gasteiger partial charge < -0.3 is 14.0 Å². The Morgan fingerprint density at radius 1 is 0.971 bits per heavy atom. The van der Waals surface area contributed by atoms with E-state index < -0.39 is 11.5 Å². The molecule has 1 fully saturated rings. The van der Waals surface area contributed by atoms with Crippen LogP contribution in [0.2, 0.25) is 0 Å². The van der Waals surface area contributed by atoms with Crippen LogP contribution in [-0.4, -0.2) is 29.9 Å². The Hall–Kier alpha value is -3.61. The maximum atomic E-state index is 12.4. The number of ether oxygens (including phenoxy) is 2. The molecule has 7 heteroatoms. The van der Waals surface area contributed by atoms with Crippen LogP contribution < -0.4 is 5.32 Å². The largest absolute Gasteiger partial charge is 0.465 e. The van der Waals surface area contributed by atoms with Crippen molar-refractivity contribution in [3.63, 3.8) is 0 Å². The maximum absolute atomic E-state index is 12.4. The van der Waals surface area contributed by atoms with E-state index in [2.05, 4.69) is 10.5 Å². The number of anilines is 1. The zero-order valence-corrected chi connectivity index (χ0v) is 20.7. The predicted molar refractivity (Wildman–Crippen MR) is 134 cm³/mol. The summed E-state index contributed by atoms with van der Waals surface area (Å²) in [7, 11) is 0. The monoisotopic (exact) mass is 476 g/mol. The van der Waals surface area contributed by atoms with Crippen LogP contribution in [0, 0.1) is 6.92 Å². The fraction of sp³-hybridized carbons (Fsp3) is 0.393. The lowest BCUT2D eigenvalue weighted by molar-refractivity contribution is -0.146. The van der Waals surface area contributed by atoms with Crippen molar-refractivity contribution < 1.29 is 23.6 Å². The Kier molecular flexibility index (Phi) is 7.24. The molecule has 1 amide bonds. The number of hydrogen-bond acceptors (Lipinski definition) is 6. The Morgan fingerprint density at radius 2 is 1.54 bits per heavy atom. The molecule has 1 aliphatic rings. The number of aryl methyl sites for hydroxylation is 1. The SMILES string of the molecule is CCOC(=O)C1(c2ccc(-c3ccc(-c4onc(C)c4NC(=O)OC(CC)CC)cc3)cc2)CC1. The molecule has 1 saturated carbocycles. The molecule has 0 radical (unpaired) electrons. The topological polar surface area (TPSA) is 90.7 Å². The number of amides is 1. The molecule has 1 N–H and O–H groups in total. The zero-order chi connectivity index (χ0) is 25.0. The van der Waals surface area contributed by atoms with Crippen molar-refractivity contribution >= 4 is 17.7 Å². The van der Waals surface area contributed by atoms with E-state index in [4.69, 9.17) is 14.0 Å². The molecule has 35 heavy (non-hydrogen) atoms. The van der Waals surface area contributed by atoms with Gasteiger partial charge >= 0.3 is 12.1 Å². The zero-order valence-electron chi connectivity index (χ0n) is 20.7. The lowest BCUT2D eigenvalue weighted by atomic mass is 9.93. The highest BCUT2D eigenvalue weighted by atomic mass is 16.6. The van der Waals surface area contributed by atoms with Crippen molar-refractivity contribution in [2.75, 3.05) is 11.9 Å². The quantitative estimate of drug-likeness (QED) is 0.348. The molecular formula is C28H32N2O5. The van der Waals surface area contributed by atoms with E-state index >= 15 is 0 Å². The highest BCUT2D eigenvalue weighted by Gasteiger charge is 2.52. The van der Waals surface area contributed by atoms with Crippen LogP contribution in [0.1, 0.15) is 57.7 Å².